The van der Waals surface area contributed by atoms with Crippen molar-refractivity contribution in [2.24, 2.45) is 0 Å². The fourth-order valence-electron chi connectivity index (χ4n) is 2.56. The van der Waals surface area contributed by atoms with Gasteiger partial charge in [0.2, 0.25) is 0 Å². The third-order valence-corrected chi connectivity index (χ3v) is 3.83. The van der Waals surface area contributed by atoms with Gasteiger partial charge in [0.05, 0.1) is 6.61 Å². The highest BCUT2D eigenvalue weighted by atomic mass is 16.5. The minimum Gasteiger partial charge on any atom is -0.493 e. The first-order valence-electron chi connectivity index (χ1n) is 8.26. The van der Waals surface area contributed by atoms with Gasteiger partial charge in [-0.15, -0.1) is 0 Å². The largest absolute Gasteiger partial charge is 0.493 e. The van der Waals surface area contributed by atoms with E-state index in [1.54, 1.807) is 6.20 Å². The molecule has 122 valence electrons. The van der Waals surface area contributed by atoms with E-state index in [0.717, 1.165) is 25.3 Å². The zero-order valence-corrected chi connectivity index (χ0v) is 13.7. The summed E-state index contributed by atoms with van der Waals surface area (Å²) in [4.78, 5) is 4.13. The molecule has 0 saturated carbocycles. The number of ether oxygens (including phenoxy) is 1. The smallest absolute Gasteiger partial charge is 0.123 e. The highest BCUT2D eigenvalue weighted by Gasteiger charge is 2.03. The summed E-state index contributed by atoms with van der Waals surface area (Å²) in [6.07, 6.45) is 4.59. The quantitative estimate of drug-likeness (QED) is 0.682. The molecule has 3 aromatic rings. The molecule has 1 N–H and O–H groups in total. The Kier molecular flexibility index (Phi) is 5.98. The zero-order chi connectivity index (χ0) is 16.5. The SMILES string of the molecule is c1ccc(CCOc2ccccc2CNCc2cccnc2)cc1. The van der Waals surface area contributed by atoms with Gasteiger partial charge in [0.25, 0.3) is 0 Å². The Bertz CT molecular complexity index is 665. The third-order valence-electron chi connectivity index (χ3n) is 3.83. The number of benzene rings is 2. The van der Waals surface area contributed by atoms with E-state index in [-0.39, 0.29) is 0 Å². The summed E-state index contributed by atoms with van der Waals surface area (Å²) in [6.45, 7) is 2.26. The molecule has 0 radical (unpaired) electrons. The van der Waals surface area contributed by atoms with Crippen LogP contribution in [0.5, 0.6) is 5.75 Å². The van der Waals surface area contributed by atoms with Crippen LogP contribution < -0.4 is 10.1 Å². The lowest BCUT2D eigenvalue weighted by atomic mass is 10.1. The molecular weight excluding hydrogens is 296 g/mol. The first kappa shape index (κ1) is 16.2. The molecule has 1 aromatic heterocycles. The maximum absolute atomic E-state index is 5.99. The van der Waals surface area contributed by atoms with Crippen LogP contribution in [0.1, 0.15) is 16.7 Å². The van der Waals surface area contributed by atoms with Gasteiger partial charge in [-0.05, 0) is 23.3 Å². The molecule has 0 unspecified atom stereocenters. The highest BCUT2D eigenvalue weighted by Crippen LogP contribution is 2.18. The van der Waals surface area contributed by atoms with Crippen molar-refractivity contribution in [2.45, 2.75) is 19.5 Å². The Morgan fingerprint density at radius 3 is 2.42 bits per heavy atom. The van der Waals surface area contributed by atoms with E-state index in [1.165, 1.54) is 16.7 Å². The number of nitrogens with one attached hydrogen (secondary N) is 1. The van der Waals surface area contributed by atoms with E-state index in [1.807, 2.05) is 36.5 Å². The Labute approximate surface area is 143 Å². The van der Waals surface area contributed by atoms with E-state index in [4.69, 9.17) is 4.74 Å². The second kappa shape index (κ2) is 8.85. The van der Waals surface area contributed by atoms with Crippen molar-refractivity contribution in [1.82, 2.24) is 10.3 Å². The summed E-state index contributed by atoms with van der Waals surface area (Å²) in [5.74, 6) is 0.951. The molecule has 0 spiro atoms. The Morgan fingerprint density at radius 2 is 1.58 bits per heavy atom. The Hall–Kier alpha value is -2.65. The Morgan fingerprint density at radius 1 is 0.792 bits per heavy atom. The van der Waals surface area contributed by atoms with Gasteiger partial charge in [0, 0.05) is 37.5 Å². The highest BCUT2D eigenvalue weighted by molar-refractivity contribution is 5.33. The van der Waals surface area contributed by atoms with Crippen molar-refractivity contribution in [3.8, 4) is 5.75 Å². The molecule has 24 heavy (non-hydrogen) atoms. The normalized spacial score (nSPS) is 10.5. The number of hydrogen-bond acceptors (Lipinski definition) is 3. The number of para-hydroxylation sites is 1. The maximum atomic E-state index is 5.99. The maximum Gasteiger partial charge on any atom is 0.123 e. The van der Waals surface area contributed by atoms with Crippen molar-refractivity contribution in [3.63, 3.8) is 0 Å². The molecule has 0 fully saturated rings. The minimum absolute atomic E-state index is 0.684. The van der Waals surface area contributed by atoms with Crippen LogP contribution in [0.15, 0.2) is 79.1 Å². The second-order valence-electron chi connectivity index (χ2n) is 5.66. The van der Waals surface area contributed by atoms with Gasteiger partial charge in [0.1, 0.15) is 5.75 Å². The lowest BCUT2D eigenvalue weighted by molar-refractivity contribution is 0.317. The first-order valence-corrected chi connectivity index (χ1v) is 8.26. The molecule has 2 aromatic carbocycles. The topological polar surface area (TPSA) is 34.1 Å². The van der Waals surface area contributed by atoms with Crippen LogP contribution in [-0.4, -0.2) is 11.6 Å². The monoisotopic (exact) mass is 318 g/mol. The zero-order valence-electron chi connectivity index (χ0n) is 13.7. The second-order valence-corrected chi connectivity index (χ2v) is 5.66. The fraction of sp³-hybridized carbons (Fsp3) is 0.190. The molecule has 1 heterocycles. The fourth-order valence-corrected chi connectivity index (χ4v) is 2.56. The number of rotatable bonds is 8. The molecule has 0 atom stereocenters. The summed E-state index contributed by atoms with van der Waals surface area (Å²) in [7, 11) is 0. The van der Waals surface area contributed by atoms with E-state index < -0.39 is 0 Å². The van der Waals surface area contributed by atoms with Crippen LogP contribution in [0.25, 0.3) is 0 Å². The van der Waals surface area contributed by atoms with Gasteiger partial charge in [-0.3, -0.25) is 4.98 Å². The minimum atomic E-state index is 0.684. The van der Waals surface area contributed by atoms with Gasteiger partial charge in [-0.1, -0.05) is 54.6 Å². The van der Waals surface area contributed by atoms with Crippen LogP contribution in [0, 0.1) is 0 Å². The van der Waals surface area contributed by atoms with Crippen LogP contribution in [0.3, 0.4) is 0 Å². The first-order chi connectivity index (χ1) is 11.9. The molecule has 0 aliphatic rings. The van der Waals surface area contributed by atoms with E-state index in [0.29, 0.717) is 6.61 Å². The third kappa shape index (κ3) is 4.93. The lowest BCUT2D eigenvalue weighted by Crippen LogP contribution is -2.14. The number of hydrogen-bond donors (Lipinski definition) is 1. The van der Waals surface area contributed by atoms with Crippen LogP contribution in [0.2, 0.25) is 0 Å². The van der Waals surface area contributed by atoms with Gasteiger partial charge < -0.3 is 10.1 Å². The molecule has 0 aliphatic carbocycles. The molecular formula is C21H22N2O. The summed E-state index contributed by atoms with van der Waals surface area (Å²) in [6, 6.07) is 22.6. The Balaban J connectivity index is 1.51. The number of pyridine rings is 1. The van der Waals surface area contributed by atoms with E-state index in [9.17, 15) is 0 Å². The van der Waals surface area contributed by atoms with E-state index in [2.05, 4.69) is 46.7 Å². The van der Waals surface area contributed by atoms with E-state index >= 15 is 0 Å². The van der Waals surface area contributed by atoms with Crippen molar-refractivity contribution in [1.29, 1.82) is 0 Å². The number of nitrogens with zero attached hydrogens (tertiary/aromatic N) is 1. The molecule has 3 nitrogen and oxygen atoms in total. The van der Waals surface area contributed by atoms with Gasteiger partial charge in [-0.2, -0.15) is 0 Å². The predicted octanol–water partition coefficient (Wildman–Crippen LogP) is 3.99. The van der Waals surface area contributed by atoms with Crippen molar-refractivity contribution >= 4 is 0 Å². The van der Waals surface area contributed by atoms with Crippen LogP contribution in [0.4, 0.5) is 0 Å². The van der Waals surface area contributed by atoms with Gasteiger partial charge in [0.15, 0.2) is 0 Å². The van der Waals surface area contributed by atoms with Crippen molar-refractivity contribution in [2.75, 3.05) is 6.61 Å². The van der Waals surface area contributed by atoms with Gasteiger partial charge >= 0.3 is 0 Å². The van der Waals surface area contributed by atoms with Crippen molar-refractivity contribution < 1.29 is 4.74 Å². The summed E-state index contributed by atoms with van der Waals surface area (Å²) < 4.78 is 5.99. The average molecular weight is 318 g/mol. The summed E-state index contributed by atoms with van der Waals surface area (Å²) >= 11 is 0. The molecule has 0 aliphatic heterocycles. The average Bonchev–Trinajstić information content (AvgIpc) is 2.65. The number of aromatic nitrogens is 1. The lowest BCUT2D eigenvalue weighted by Gasteiger charge is -2.12. The molecule has 3 rings (SSSR count). The van der Waals surface area contributed by atoms with Crippen molar-refractivity contribution in [3.05, 3.63) is 95.8 Å². The van der Waals surface area contributed by atoms with Crippen LogP contribution >= 0.6 is 0 Å². The van der Waals surface area contributed by atoms with Crippen LogP contribution in [-0.2, 0) is 19.5 Å². The molecule has 3 heteroatoms. The molecule has 0 saturated heterocycles. The predicted molar refractivity (Wildman–Crippen MR) is 96.9 cm³/mol. The summed E-state index contributed by atoms with van der Waals surface area (Å²) in [5.41, 5.74) is 3.65. The standard InChI is InChI=1S/C21H22N2O/c1-2-7-18(8-3-1)12-14-24-21-11-5-4-10-20(21)17-23-16-19-9-6-13-22-15-19/h1-11,13,15,23H,12,14,16-17H2. The molecule has 0 amide bonds. The summed E-state index contributed by atoms with van der Waals surface area (Å²) in [5, 5.41) is 3.45. The molecule has 0 bridgehead atoms. The van der Waals surface area contributed by atoms with Gasteiger partial charge in [-0.25, -0.2) is 0 Å².